The van der Waals surface area contributed by atoms with E-state index in [2.05, 4.69) is 35.4 Å². The zero-order chi connectivity index (χ0) is 22.6. The summed E-state index contributed by atoms with van der Waals surface area (Å²) in [4.78, 5) is 18.1. The molecule has 2 saturated heterocycles. The number of nitrogens with zero attached hydrogens (tertiary/aromatic N) is 1. The number of hydrogen-bond donors (Lipinski definition) is 1. The van der Waals surface area contributed by atoms with Gasteiger partial charge in [0.25, 0.3) is 5.91 Å². The number of rotatable bonds is 6. The lowest BCUT2D eigenvalue weighted by molar-refractivity contribution is -0.134. The van der Waals surface area contributed by atoms with Crippen LogP contribution in [0.4, 0.5) is 0 Å². The van der Waals surface area contributed by atoms with Crippen LogP contribution >= 0.6 is 23.5 Å². The van der Waals surface area contributed by atoms with Crippen LogP contribution in [0.2, 0.25) is 0 Å². The molecular weight excluding hydrogens is 452 g/mol. The second-order valence-electron chi connectivity index (χ2n) is 8.60. The van der Waals surface area contributed by atoms with E-state index in [1.165, 1.54) is 34.4 Å². The van der Waals surface area contributed by atoms with Crippen LogP contribution in [0.25, 0.3) is 10.9 Å². The highest BCUT2D eigenvalue weighted by Crippen LogP contribution is 2.43. The molecule has 0 saturated carbocycles. The van der Waals surface area contributed by atoms with Crippen molar-refractivity contribution >= 4 is 40.3 Å². The smallest absolute Gasteiger partial charge is 0.260 e. The van der Waals surface area contributed by atoms with Gasteiger partial charge in [0.2, 0.25) is 0 Å². The minimum Gasteiger partial charge on any atom is -0.497 e. The molecular formula is C26H30N2O3S2. The van der Waals surface area contributed by atoms with Gasteiger partial charge in [-0.2, -0.15) is 0 Å². The third-order valence-corrected chi connectivity index (χ3v) is 9.57. The number of nitrogens with one attached hydrogen (secondary N) is 1. The molecule has 1 N–H and O–H groups in total. The molecule has 0 aliphatic carbocycles. The van der Waals surface area contributed by atoms with Gasteiger partial charge in [-0.15, -0.1) is 23.5 Å². The van der Waals surface area contributed by atoms with Crippen molar-refractivity contribution in [3.8, 4) is 11.5 Å². The van der Waals surface area contributed by atoms with Crippen LogP contribution in [-0.4, -0.2) is 54.1 Å². The van der Waals surface area contributed by atoms with Crippen molar-refractivity contribution in [3.05, 3.63) is 59.8 Å². The Hall–Kier alpha value is -2.25. The molecule has 2 fully saturated rings. The van der Waals surface area contributed by atoms with Gasteiger partial charge in [-0.25, -0.2) is 0 Å². The number of hydrogen-bond acceptors (Lipinski definition) is 5. The standard InChI is InChI=1S/C26H30N2O3S2/c1-30-21-7-8-24-22(15-21)23(16-27-24)18-9-11-28(12-10-18)25(29)17-31-20-5-3-19(4-6-20)26-32-13-2-14-33-26/h3-8,15-16,18,26-27H,2,9-14,17H2,1H3. The predicted octanol–water partition coefficient (Wildman–Crippen LogP) is 5.83. The first-order valence-corrected chi connectivity index (χ1v) is 13.7. The van der Waals surface area contributed by atoms with Crippen LogP contribution in [0, 0.1) is 0 Å². The lowest BCUT2D eigenvalue weighted by Gasteiger charge is -2.32. The highest BCUT2D eigenvalue weighted by Gasteiger charge is 2.26. The first-order chi connectivity index (χ1) is 16.2. The molecule has 2 aliphatic rings. The molecule has 0 unspecified atom stereocenters. The number of piperidine rings is 1. The van der Waals surface area contributed by atoms with Crippen molar-refractivity contribution in [1.82, 2.24) is 9.88 Å². The van der Waals surface area contributed by atoms with Gasteiger partial charge in [0.1, 0.15) is 11.5 Å². The van der Waals surface area contributed by atoms with Gasteiger partial charge in [-0.1, -0.05) is 12.1 Å². The van der Waals surface area contributed by atoms with E-state index in [0.717, 1.165) is 42.9 Å². The highest BCUT2D eigenvalue weighted by molar-refractivity contribution is 8.16. The normalized spacial score (nSPS) is 17.9. The quantitative estimate of drug-likeness (QED) is 0.479. The largest absolute Gasteiger partial charge is 0.497 e. The molecule has 0 spiro atoms. The van der Waals surface area contributed by atoms with E-state index >= 15 is 0 Å². The Morgan fingerprint density at radius 2 is 1.79 bits per heavy atom. The number of ether oxygens (including phenoxy) is 2. The van der Waals surface area contributed by atoms with Crippen LogP contribution < -0.4 is 9.47 Å². The number of benzene rings is 2. The third kappa shape index (κ3) is 5.14. The van der Waals surface area contributed by atoms with Crippen LogP contribution in [0.3, 0.4) is 0 Å². The minimum absolute atomic E-state index is 0.0662. The number of thioether (sulfide) groups is 2. The molecule has 0 bridgehead atoms. The summed E-state index contributed by atoms with van der Waals surface area (Å²) in [6, 6.07) is 14.4. The molecule has 1 aromatic heterocycles. The van der Waals surface area contributed by atoms with E-state index in [0.29, 0.717) is 10.5 Å². The molecule has 3 aromatic rings. The fourth-order valence-electron chi connectivity index (χ4n) is 4.66. The van der Waals surface area contributed by atoms with Crippen molar-refractivity contribution in [2.75, 3.05) is 38.3 Å². The second kappa shape index (κ2) is 10.3. The maximum atomic E-state index is 12.7. The Morgan fingerprint density at radius 1 is 1.06 bits per heavy atom. The average Bonchev–Trinajstić information content (AvgIpc) is 3.31. The number of amides is 1. The zero-order valence-electron chi connectivity index (χ0n) is 18.9. The molecule has 1 amide bonds. The van der Waals surface area contributed by atoms with Gasteiger partial charge in [-0.05, 0) is 78.1 Å². The Morgan fingerprint density at radius 3 is 2.52 bits per heavy atom. The number of likely N-dealkylation sites (tertiary alicyclic amines) is 1. The van der Waals surface area contributed by atoms with E-state index in [1.54, 1.807) is 7.11 Å². The molecule has 7 heteroatoms. The fourth-order valence-corrected chi connectivity index (χ4v) is 7.56. The minimum atomic E-state index is 0.0662. The molecule has 174 valence electrons. The monoisotopic (exact) mass is 482 g/mol. The lowest BCUT2D eigenvalue weighted by atomic mass is 9.89. The maximum Gasteiger partial charge on any atom is 0.260 e. The van der Waals surface area contributed by atoms with E-state index < -0.39 is 0 Å². The lowest BCUT2D eigenvalue weighted by Crippen LogP contribution is -2.40. The molecule has 33 heavy (non-hydrogen) atoms. The Labute approximate surface area is 203 Å². The van der Waals surface area contributed by atoms with E-state index in [1.807, 2.05) is 46.6 Å². The van der Waals surface area contributed by atoms with Crippen molar-refractivity contribution in [1.29, 1.82) is 0 Å². The van der Waals surface area contributed by atoms with E-state index in [4.69, 9.17) is 9.47 Å². The molecule has 3 heterocycles. The van der Waals surface area contributed by atoms with Gasteiger partial charge in [-0.3, -0.25) is 4.79 Å². The summed E-state index contributed by atoms with van der Waals surface area (Å²) in [5, 5.41) is 1.22. The number of methoxy groups -OCH3 is 1. The van der Waals surface area contributed by atoms with Gasteiger partial charge >= 0.3 is 0 Å². The van der Waals surface area contributed by atoms with Gasteiger partial charge in [0.05, 0.1) is 11.7 Å². The SMILES string of the molecule is COc1ccc2[nH]cc(C3CCN(C(=O)COc4ccc(C5SCCCS5)cc4)CC3)c2c1. The Bertz CT molecular complexity index is 1080. The number of aromatic amines is 1. The molecule has 5 rings (SSSR count). The van der Waals surface area contributed by atoms with E-state index in [9.17, 15) is 4.79 Å². The predicted molar refractivity (Wildman–Crippen MR) is 138 cm³/mol. The molecule has 5 nitrogen and oxygen atoms in total. The fraction of sp³-hybridized carbons (Fsp3) is 0.423. The average molecular weight is 483 g/mol. The zero-order valence-corrected chi connectivity index (χ0v) is 20.6. The number of aromatic nitrogens is 1. The highest BCUT2D eigenvalue weighted by atomic mass is 32.2. The van der Waals surface area contributed by atoms with E-state index in [-0.39, 0.29) is 12.5 Å². The Balaban J connectivity index is 1.13. The number of fused-ring (bicyclic) bond motifs is 1. The summed E-state index contributed by atoms with van der Waals surface area (Å²) in [6.07, 6.45) is 5.33. The number of carbonyl (C=O) groups excluding carboxylic acids is 1. The molecule has 0 atom stereocenters. The van der Waals surface area contributed by atoms with Crippen LogP contribution in [-0.2, 0) is 4.79 Å². The molecule has 2 aliphatic heterocycles. The summed E-state index contributed by atoms with van der Waals surface area (Å²) in [6.45, 7) is 1.62. The topological polar surface area (TPSA) is 54.6 Å². The third-order valence-electron chi connectivity index (χ3n) is 6.55. The van der Waals surface area contributed by atoms with Crippen molar-refractivity contribution in [3.63, 3.8) is 0 Å². The van der Waals surface area contributed by atoms with Gasteiger partial charge in [0, 0.05) is 30.2 Å². The number of carbonyl (C=O) groups is 1. The van der Waals surface area contributed by atoms with Crippen LogP contribution in [0.1, 0.15) is 40.9 Å². The summed E-state index contributed by atoms with van der Waals surface area (Å²) in [7, 11) is 1.70. The summed E-state index contributed by atoms with van der Waals surface area (Å²) in [5.74, 6) is 4.61. The second-order valence-corrected chi connectivity index (χ2v) is 11.3. The van der Waals surface area contributed by atoms with Crippen molar-refractivity contribution < 1.29 is 14.3 Å². The van der Waals surface area contributed by atoms with Gasteiger partial charge < -0.3 is 19.4 Å². The maximum absolute atomic E-state index is 12.7. The summed E-state index contributed by atoms with van der Waals surface area (Å²) >= 11 is 4.03. The van der Waals surface area contributed by atoms with Crippen LogP contribution in [0.15, 0.2) is 48.7 Å². The number of H-pyrrole nitrogens is 1. The first kappa shape index (κ1) is 22.5. The summed E-state index contributed by atoms with van der Waals surface area (Å²) < 4.78 is 11.7. The summed E-state index contributed by atoms with van der Waals surface area (Å²) in [5.41, 5.74) is 3.78. The van der Waals surface area contributed by atoms with Gasteiger partial charge in [0.15, 0.2) is 6.61 Å². The van der Waals surface area contributed by atoms with Crippen molar-refractivity contribution in [2.24, 2.45) is 0 Å². The molecule has 0 radical (unpaired) electrons. The first-order valence-electron chi connectivity index (χ1n) is 11.6. The molecule has 2 aromatic carbocycles. The Kier molecular flexibility index (Phi) is 7.07. The van der Waals surface area contributed by atoms with Crippen LogP contribution in [0.5, 0.6) is 11.5 Å². The van der Waals surface area contributed by atoms with Crippen molar-refractivity contribution in [2.45, 2.75) is 29.8 Å².